The van der Waals surface area contributed by atoms with Gasteiger partial charge in [-0.1, -0.05) is 24.3 Å². The number of rotatable bonds is 18. The Morgan fingerprint density at radius 1 is 0.736 bits per heavy atom. The fraction of sp³-hybridized carbons (Fsp3) is 0.515. The predicted molar refractivity (Wildman–Crippen MR) is 336 cm³/mol. The number of piperidine rings is 4. The lowest BCUT2D eigenvalue weighted by atomic mass is 9.56. The summed E-state index contributed by atoms with van der Waals surface area (Å²) >= 11 is 0. The number of esters is 1. The molecule has 8 heterocycles. The van der Waals surface area contributed by atoms with Crippen LogP contribution in [0.5, 0.6) is 0 Å². The quantitative estimate of drug-likeness (QED) is 0.0901. The number of benzene rings is 3. The smallest absolute Gasteiger partial charge is 0.325 e. The van der Waals surface area contributed by atoms with Crippen molar-refractivity contribution in [3.8, 4) is 11.1 Å². The molecule has 7 amide bonds. The molecule has 5 saturated heterocycles. The van der Waals surface area contributed by atoms with Crippen molar-refractivity contribution < 1.29 is 47.5 Å². The second kappa shape index (κ2) is 26.4. The Morgan fingerprint density at radius 3 is 2.02 bits per heavy atom. The number of nitrogens with two attached hydrogens (primary N) is 1. The van der Waals surface area contributed by atoms with Crippen LogP contribution in [0.25, 0.3) is 32.9 Å². The Kier molecular flexibility index (Phi) is 18.1. The van der Waals surface area contributed by atoms with Crippen LogP contribution >= 0.6 is 0 Å². The Hall–Kier alpha value is -9.03. The number of halogens is 1. The number of ether oxygens (including phenoxy) is 1. The molecule has 0 unspecified atom stereocenters. The number of likely N-dealkylation sites (tertiary alicyclic amines) is 4. The lowest BCUT2D eigenvalue weighted by molar-refractivity contribution is -0.153. The molecule has 24 nitrogen and oxygen atoms in total. The summed E-state index contributed by atoms with van der Waals surface area (Å²) in [5, 5.41) is 16.4. The van der Waals surface area contributed by atoms with Gasteiger partial charge in [-0.2, -0.15) is 10.2 Å². The highest BCUT2D eigenvalue weighted by atomic mass is 19.1. The SMILES string of the molecule is COC(=O)CNC(=O)CN(C)C(=O)Cn1nc(C2CC3(C2)CN(C(=O)CCC(=O)N2CCC(C(=O)N4CCC(C(=O)N5CCC(c6ccc(Nc7nc(N8CCCCC8)cnc7C(N)=O)cc6)CC5)CC4)CC2)C3)c2c(-c3cc4c(cnn4C)cc3F)cccc21. The number of carbonyl (C=O) groups is 8. The molecule has 25 heteroatoms. The lowest BCUT2D eigenvalue weighted by Gasteiger charge is -2.59. The highest BCUT2D eigenvalue weighted by Gasteiger charge is 2.55. The van der Waals surface area contributed by atoms with Gasteiger partial charge in [-0.25, -0.2) is 14.4 Å². The molecule has 6 fully saturated rings. The molecule has 1 aliphatic carbocycles. The summed E-state index contributed by atoms with van der Waals surface area (Å²) in [4.78, 5) is 125. The van der Waals surface area contributed by atoms with Crippen LogP contribution in [0.1, 0.15) is 117 Å². The zero-order valence-electron chi connectivity index (χ0n) is 52.0. The third-order valence-electron chi connectivity index (χ3n) is 19.9. The number of hydrogen-bond acceptors (Lipinski definition) is 15. The number of carbonyl (C=O) groups excluding carboxylic acids is 8. The highest BCUT2D eigenvalue weighted by Crippen LogP contribution is 2.57. The van der Waals surface area contributed by atoms with E-state index in [4.69, 9.17) is 15.8 Å². The second-order valence-electron chi connectivity index (χ2n) is 25.8. The fourth-order valence-electron chi connectivity index (χ4n) is 14.6. The van der Waals surface area contributed by atoms with Crippen LogP contribution in [0.2, 0.25) is 0 Å². The molecule has 6 aromatic rings. The number of aromatic nitrogens is 6. The van der Waals surface area contributed by atoms with E-state index in [-0.39, 0.29) is 85.0 Å². The molecule has 3 aromatic carbocycles. The van der Waals surface area contributed by atoms with Crippen molar-refractivity contribution in [1.82, 2.24) is 59.3 Å². The summed E-state index contributed by atoms with van der Waals surface area (Å²) in [6.45, 7) is 5.33. The van der Waals surface area contributed by atoms with Crippen molar-refractivity contribution in [3.63, 3.8) is 0 Å². The Bertz CT molecular complexity index is 3770. The minimum atomic E-state index is -0.646. The molecular formula is C66H80FN15O9. The maximum Gasteiger partial charge on any atom is 0.325 e. The predicted octanol–water partition coefficient (Wildman–Crippen LogP) is 5.47. The van der Waals surface area contributed by atoms with Gasteiger partial charge in [0, 0.05) is 138 Å². The highest BCUT2D eigenvalue weighted by molar-refractivity contribution is 6.00. The van der Waals surface area contributed by atoms with Gasteiger partial charge in [0.25, 0.3) is 5.91 Å². The van der Waals surface area contributed by atoms with Crippen LogP contribution in [0.3, 0.4) is 0 Å². The fourth-order valence-corrected chi connectivity index (χ4v) is 14.6. The lowest BCUT2D eigenvalue weighted by Crippen LogP contribution is -2.63. The van der Waals surface area contributed by atoms with Gasteiger partial charge < -0.3 is 50.5 Å². The summed E-state index contributed by atoms with van der Waals surface area (Å²) < 4.78 is 24.0. The summed E-state index contributed by atoms with van der Waals surface area (Å²) in [5.41, 5.74) is 10.6. The van der Waals surface area contributed by atoms with Gasteiger partial charge in [-0.05, 0) is 118 Å². The average Bonchev–Trinajstić information content (AvgIpc) is 1.71. The van der Waals surface area contributed by atoms with E-state index in [9.17, 15) is 38.4 Å². The monoisotopic (exact) mass is 1250 g/mol. The first-order valence-corrected chi connectivity index (χ1v) is 32.0. The topological polar surface area (TPSA) is 277 Å². The molecule has 91 heavy (non-hydrogen) atoms. The molecule has 4 N–H and O–H groups in total. The summed E-state index contributed by atoms with van der Waals surface area (Å²) in [7, 11) is 4.50. The van der Waals surface area contributed by atoms with E-state index in [1.54, 1.807) is 45.8 Å². The van der Waals surface area contributed by atoms with E-state index >= 15 is 4.39 Å². The van der Waals surface area contributed by atoms with Gasteiger partial charge in [-0.15, -0.1) is 0 Å². The van der Waals surface area contributed by atoms with Crippen LogP contribution in [0.15, 0.2) is 67.0 Å². The molecule has 12 rings (SSSR count). The minimum absolute atomic E-state index is 0.0591. The van der Waals surface area contributed by atoms with E-state index < -0.39 is 29.5 Å². The average molecular weight is 1250 g/mol. The Labute approximate surface area is 526 Å². The first-order chi connectivity index (χ1) is 43.9. The minimum Gasteiger partial charge on any atom is -0.468 e. The molecular weight excluding hydrogens is 1170 g/mol. The van der Waals surface area contributed by atoms with E-state index in [1.165, 1.54) is 37.1 Å². The van der Waals surface area contributed by atoms with Crippen molar-refractivity contribution in [2.24, 2.45) is 30.0 Å². The summed E-state index contributed by atoms with van der Waals surface area (Å²) in [5.74, 6) is -1.60. The molecule has 0 atom stereocenters. The van der Waals surface area contributed by atoms with Crippen molar-refractivity contribution in [2.45, 2.75) is 102 Å². The molecule has 1 spiro atoms. The largest absolute Gasteiger partial charge is 0.468 e. The maximum absolute atomic E-state index is 16.1. The number of primary amides is 1. The van der Waals surface area contributed by atoms with E-state index in [0.29, 0.717) is 136 Å². The molecule has 5 aliphatic heterocycles. The number of methoxy groups -OCH3 is 1. The number of anilines is 3. The van der Waals surface area contributed by atoms with Crippen LogP contribution in [-0.2, 0) is 51.9 Å². The molecule has 0 bridgehead atoms. The molecule has 3 aromatic heterocycles. The van der Waals surface area contributed by atoms with Crippen LogP contribution in [0.4, 0.5) is 21.7 Å². The normalized spacial score (nSPS) is 18.3. The van der Waals surface area contributed by atoms with Gasteiger partial charge in [0.1, 0.15) is 24.7 Å². The maximum atomic E-state index is 16.1. The van der Waals surface area contributed by atoms with Crippen molar-refractivity contribution in [1.29, 1.82) is 0 Å². The number of amides is 7. The first kappa shape index (κ1) is 62.2. The van der Waals surface area contributed by atoms with E-state index in [1.807, 2.05) is 39.0 Å². The van der Waals surface area contributed by atoms with Crippen LogP contribution in [-0.4, -0.2) is 194 Å². The van der Waals surface area contributed by atoms with Crippen molar-refractivity contribution in [3.05, 3.63) is 89.8 Å². The second-order valence-corrected chi connectivity index (χ2v) is 25.8. The van der Waals surface area contributed by atoms with Crippen LogP contribution < -0.4 is 21.3 Å². The number of nitrogens with one attached hydrogen (secondary N) is 2. The van der Waals surface area contributed by atoms with Gasteiger partial charge >= 0.3 is 5.97 Å². The zero-order chi connectivity index (χ0) is 63.7. The summed E-state index contributed by atoms with van der Waals surface area (Å²) in [6.07, 6.45) is 12.2. The molecule has 480 valence electrons. The van der Waals surface area contributed by atoms with Crippen molar-refractivity contribution in [2.75, 3.05) is 103 Å². The van der Waals surface area contributed by atoms with Crippen LogP contribution in [0, 0.1) is 23.1 Å². The van der Waals surface area contributed by atoms with E-state index in [0.717, 1.165) is 55.8 Å². The third kappa shape index (κ3) is 13.3. The Morgan fingerprint density at radius 2 is 1.37 bits per heavy atom. The number of aryl methyl sites for hydroxylation is 1. The standard InChI is InChI=1S/C66H80FN15O9/c1-75(37-54(83)69-36-58(87)91-3)57(86)38-82-51-9-7-8-48(49-31-52-45(30-50(49)67)34-71-76(52)2)59(51)60(74-82)46-32-66(33-46)39-81(40-66)56(85)15-14-55(84)78-24-18-43(19-25-78)64(89)80-28-20-44(21-29-80)65(90)79-26-16-42(17-27-79)41-10-12-47(13-11-41)72-63-61(62(68)88)70-35-53(73-63)77-22-5-4-6-23-77/h7-13,30-31,34-35,42-44,46H,4-6,14-29,32-33,36-40H2,1-3H3,(H2,68,88)(H,69,83)(H,72,73). The number of hydrogen-bond donors (Lipinski definition) is 3. The third-order valence-corrected chi connectivity index (χ3v) is 19.9. The molecule has 1 saturated carbocycles. The Balaban J connectivity index is 0.575. The number of nitrogens with zero attached hydrogens (tertiary/aromatic N) is 12. The van der Waals surface area contributed by atoms with Crippen molar-refractivity contribution >= 4 is 86.4 Å². The number of likely N-dealkylation sites (N-methyl/N-ethyl adjacent to an activating group) is 1. The first-order valence-electron chi connectivity index (χ1n) is 32.0. The van der Waals surface area contributed by atoms with Gasteiger partial charge in [0.2, 0.25) is 35.4 Å². The number of fused-ring (bicyclic) bond motifs is 2. The molecule has 6 aliphatic rings. The summed E-state index contributed by atoms with van der Waals surface area (Å²) in [6, 6.07) is 16.9. The molecule has 0 radical (unpaired) electrons. The van der Waals surface area contributed by atoms with E-state index in [2.05, 4.69) is 42.5 Å². The van der Waals surface area contributed by atoms with Gasteiger partial charge in [-0.3, -0.25) is 47.7 Å². The van der Waals surface area contributed by atoms with Gasteiger partial charge in [0.05, 0.1) is 42.8 Å². The van der Waals surface area contributed by atoms with Gasteiger partial charge in [0.15, 0.2) is 11.5 Å². The zero-order valence-corrected chi connectivity index (χ0v) is 52.0.